The van der Waals surface area contributed by atoms with Crippen molar-refractivity contribution in [1.29, 1.82) is 0 Å². The number of nitrogens with zero attached hydrogens (tertiary/aromatic N) is 1. The molecule has 0 unspecified atom stereocenters. The molecule has 0 radical (unpaired) electrons. The zero-order valence-electron chi connectivity index (χ0n) is 8.83. The van der Waals surface area contributed by atoms with E-state index in [1.807, 2.05) is 0 Å². The van der Waals surface area contributed by atoms with Crippen LogP contribution in [0.5, 0.6) is 0 Å². The zero-order chi connectivity index (χ0) is 10.2. The average Bonchev–Trinajstić information content (AvgIpc) is 2.25. The average molecular weight is 201 g/mol. The van der Waals surface area contributed by atoms with Crippen LogP contribution in [-0.4, -0.2) is 50.8 Å². The quantitative estimate of drug-likeness (QED) is 0.484. The predicted molar refractivity (Wildman–Crippen MR) is 53.1 cm³/mol. The van der Waals surface area contributed by atoms with Gasteiger partial charge in [0.25, 0.3) is 0 Å². The zero-order valence-corrected chi connectivity index (χ0v) is 8.83. The van der Waals surface area contributed by atoms with Crippen molar-refractivity contribution in [3.63, 3.8) is 0 Å². The van der Waals surface area contributed by atoms with Crippen molar-refractivity contribution in [3.05, 3.63) is 0 Å². The number of hydrogen-bond donors (Lipinski definition) is 0. The summed E-state index contributed by atoms with van der Waals surface area (Å²) in [6, 6.07) is 0. The van der Waals surface area contributed by atoms with Crippen LogP contribution in [0.15, 0.2) is 0 Å². The molecule has 0 atom stereocenters. The Hall–Kier alpha value is -0.610. The standard InChI is InChI=1S/C10H19NO3/c1-13-10(12)4-2-3-5-11-6-8-14-9-7-11/h2-9H2,1H3. The number of hydrogen-bond acceptors (Lipinski definition) is 4. The highest BCUT2D eigenvalue weighted by Crippen LogP contribution is 2.02. The van der Waals surface area contributed by atoms with Gasteiger partial charge in [-0.05, 0) is 19.4 Å². The van der Waals surface area contributed by atoms with E-state index < -0.39 is 0 Å². The number of carbonyl (C=O) groups is 1. The van der Waals surface area contributed by atoms with Crippen LogP contribution >= 0.6 is 0 Å². The van der Waals surface area contributed by atoms with Crippen LogP contribution in [-0.2, 0) is 14.3 Å². The molecule has 4 heteroatoms. The number of rotatable bonds is 5. The molecule has 14 heavy (non-hydrogen) atoms. The molecule has 0 aromatic carbocycles. The van der Waals surface area contributed by atoms with Gasteiger partial charge in [0.2, 0.25) is 0 Å². The second-order valence-electron chi connectivity index (χ2n) is 3.49. The van der Waals surface area contributed by atoms with Crippen LogP contribution in [0, 0.1) is 0 Å². The Labute approximate surface area is 85.2 Å². The van der Waals surface area contributed by atoms with Gasteiger partial charge in [-0.3, -0.25) is 9.69 Å². The molecule has 1 aliphatic heterocycles. The fourth-order valence-corrected chi connectivity index (χ4v) is 1.53. The van der Waals surface area contributed by atoms with Crippen LogP contribution in [0.25, 0.3) is 0 Å². The molecule has 1 saturated heterocycles. The van der Waals surface area contributed by atoms with Crippen LogP contribution in [0.3, 0.4) is 0 Å². The number of morpholine rings is 1. The van der Waals surface area contributed by atoms with E-state index in [0.717, 1.165) is 45.7 Å². The van der Waals surface area contributed by atoms with E-state index in [4.69, 9.17) is 4.74 Å². The number of unbranched alkanes of at least 4 members (excludes halogenated alkanes) is 1. The summed E-state index contributed by atoms with van der Waals surface area (Å²) in [5, 5.41) is 0. The third-order valence-corrected chi connectivity index (χ3v) is 2.44. The van der Waals surface area contributed by atoms with Crippen molar-refractivity contribution < 1.29 is 14.3 Å². The second-order valence-corrected chi connectivity index (χ2v) is 3.49. The van der Waals surface area contributed by atoms with E-state index in [2.05, 4.69) is 9.64 Å². The smallest absolute Gasteiger partial charge is 0.305 e. The normalized spacial score (nSPS) is 18.1. The molecule has 0 N–H and O–H groups in total. The first-order valence-corrected chi connectivity index (χ1v) is 5.20. The van der Waals surface area contributed by atoms with Gasteiger partial charge in [-0.1, -0.05) is 0 Å². The molecule has 1 fully saturated rings. The Kier molecular flexibility index (Phi) is 5.56. The Bertz CT molecular complexity index is 167. The van der Waals surface area contributed by atoms with Crippen molar-refractivity contribution in [2.45, 2.75) is 19.3 Å². The molecule has 1 aliphatic rings. The minimum Gasteiger partial charge on any atom is -0.469 e. The summed E-state index contributed by atoms with van der Waals surface area (Å²) < 4.78 is 9.82. The van der Waals surface area contributed by atoms with E-state index in [1.54, 1.807) is 0 Å². The topological polar surface area (TPSA) is 38.8 Å². The maximum Gasteiger partial charge on any atom is 0.305 e. The minimum absolute atomic E-state index is 0.105. The molecule has 4 nitrogen and oxygen atoms in total. The number of carbonyl (C=O) groups excluding carboxylic acids is 1. The molecular weight excluding hydrogens is 182 g/mol. The van der Waals surface area contributed by atoms with E-state index in [9.17, 15) is 4.79 Å². The first-order valence-electron chi connectivity index (χ1n) is 5.20. The summed E-state index contributed by atoms with van der Waals surface area (Å²) in [6.07, 6.45) is 2.53. The molecular formula is C10H19NO3. The van der Waals surface area contributed by atoms with E-state index in [-0.39, 0.29) is 5.97 Å². The molecule has 0 aliphatic carbocycles. The Morgan fingerprint density at radius 2 is 2.07 bits per heavy atom. The Balaban J connectivity index is 1.94. The number of methoxy groups -OCH3 is 1. The first kappa shape index (κ1) is 11.5. The Morgan fingerprint density at radius 3 is 2.71 bits per heavy atom. The fourth-order valence-electron chi connectivity index (χ4n) is 1.53. The summed E-state index contributed by atoms with van der Waals surface area (Å²) in [4.78, 5) is 13.2. The van der Waals surface area contributed by atoms with Crippen LogP contribution in [0.2, 0.25) is 0 Å². The van der Waals surface area contributed by atoms with Gasteiger partial charge in [0, 0.05) is 19.5 Å². The summed E-state index contributed by atoms with van der Waals surface area (Å²) in [5.74, 6) is -0.105. The molecule has 0 bridgehead atoms. The van der Waals surface area contributed by atoms with Gasteiger partial charge in [-0.15, -0.1) is 0 Å². The molecule has 82 valence electrons. The molecule has 1 rings (SSSR count). The van der Waals surface area contributed by atoms with Crippen molar-refractivity contribution in [2.24, 2.45) is 0 Å². The van der Waals surface area contributed by atoms with E-state index in [0.29, 0.717) is 6.42 Å². The summed E-state index contributed by atoms with van der Waals surface area (Å²) in [6.45, 7) is 4.81. The highest BCUT2D eigenvalue weighted by atomic mass is 16.5. The third-order valence-electron chi connectivity index (χ3n) is 2.44. The monoisotopic (exact) mass is 201 g/mol. The van der Waals surface area contributed by atoms with Gasteiger partial charge in [0.1, 0.15) is 0 Å². The van der Waals surface area contributed by atoms with E-state index in [1.165, 1.54) is 7.11 Å². The molecule has 0 spiro atoms. The Morgan fingerprint density at radius 1 is 1.36 bits per heavy atom. The fraction of sp³-hybridized carbons (Fsp3) is 0.900. The lowest BCUT2D eigenvalue weighted by Crippen LogP contribution is -2.36. The second kappa shape index (κ2) is 6.79. The summed E-state index contributed by atoms with van der Waals surface area (Å²) in [7, 11) is 1.43. The highest BCUT2D eigenvalue weighted by molar-refractivity contribution is 5.68. The highest BCUT2D eigenvalue weighted by Gasteiger charge is 2.09. The SMILES string of the molecule is COC(=O)CCCCN1CCOCC1. The van der Waals surface area contributed by atoms with Gasteiger partial charge in [-0.25, -0.2) is 0 Å². The molecule has 0 amide bonds. The largest absolute Gasteiger partial charge is 0.469 e. The van der Waals surface area contributed by atoms with E-state index >= 15 is 0 Å². The van der Waals surface area contributed by atoms with Crippen molar-refractivity contribution in [2.75, 3.05) is 40.0 Å². The van der Waals surface area contributed by atoms with Crippen molar-refractivity contribution >= 4 is 5.97 Å². The number of ether oxygens (including phenoxy) is 2. The molecule has 0 aromatic heterocycles. The van der Waals surface area contributed by atoms with Gasteiger partial charge in [0.15, 0.2) is 0 Å². The molecule has 0 aromatic rings. The first-order chi connectivity index (χ1) is 6.83. The maximum atomic E-state index is 10.8. The van der Waals surface area contributed by atoms with Gasteiger partial charge in [-0.2, -0.15) is 0 Å². The minimum atomic E-state index is -0.105. The lowest BCUT2D eigenvalue weighted by atomic mass is 10.2. The summed E-state index contributed by atoms with van der Waals surface area (Å²) in [5.41, 5.74) is 0. The van der Waals surface area contributed by atoms with Crippen LogP contribution in [0.4, 0.5) is 0 Å². The van der Waals surface area contributed by atoms with Crippen LogP contribution < -0.4 is 0 Å². The van der Waals surface area contributed by atoms with Crippen LogP contribution in [0.1, 0.15) is 19.3 Å². The molecule has 0 saturated carbocycles. The lowest BCUT2D eigenvalue weighted by molar-refractivity contribution is -0.140. The molecule has 1 heterocycles. The maximum absolute atomic E-state index is 10.8. The lowest BCUT2D eigenvalue weighted by Gasteiger charge is -2.26. The van der Waals surface area contributed by atoms with Gasteiger partial charge >= 0.3 is 5.97 Å². The number of esters is 1. The van der Waals surface area contributed by atoms with Gasteiger partial charge in [0.05, 0.1) is 20.3 Å². The van der Waals surface area contributed by atoms with Crippen molar-refractivity contribution in [1.82, 2.24) is 4.90 Å². The summed E-state index contributed by atoms with van der Waals surface area (Å²) >= 11 is 0. The van der Waals surface area contributed by atoms with Crippen molar-refractivity contribution in [3.8, 4) is 0 Å². The predicted octanol–water partition coefficient (Wildman–Crippen LogP) is 0.662. The third kappa shape index (κ3) is 4.58. The van der Waals surface area contributed by atoms with Gasteiger partial charge < -0.3 is 9.47 Å².